The van der Waals surface area contributed by atoms with Crippen LogP contribution in [0.3, 0.4) is 0 Å². The van der Waals surface area contributed by atoms with Gasteiger partial charge < -0.3 is 21.6 Å². The predicted molar refractivity (Wildman–Crippen MR) is 135 cm³/mol. The van der Waals surface area contributed by atoms with E-state index in [1.165, 1.54) is 18.3 Å². The van der Waals surface area contributed by atoms with Gasteiger partial charge in [0.2, 0.25) is 0 Å². The Balaban J connectivity index is 1.91. The highest BCUT2D eigenvalue weighted by Crippen LogP contribution is 2.29. The van der Waals surface area contributed by atoms with Gasteiger partial charge in [0.15, 0.2) is 5.84 Å². The van der Waals surface area contributed by atoms with Gasteiger partial charge in [0.25, 0.3) is 5.91 Å². The normalized spacial score (nSPS) is 14.5. The third-order valence-corrected chi connectivity index (χ3v) is 5.40. The molecule has 10 nitrogen and oxygen atoms in total. The number of benzene rings is 1. The monoisotopic (exact) mass is 464 g/mol. The quantitative estimate of drug-likeness (QED) is 0.202. The number of aliphatic imine (C=N–C) groups is 1. The lowest BCUT2D eigenvalue weighted by Crippen LogP contribution is -2.44. The number of allylic oxidation sites excluding steroid dienone is 1. The number of ether oxygens (including phenoxy) is 1. The van der Waals surface area contributed by atoms with Crippen molar-refractivity contribution in [2.75, 3.05) is 12.4 Å². The van der Waals surface area contributed by atoms with E-state index < -0.39 is 5.91 Å². The molecule has 0 atom stereocenters. The lowest BCUT2D eigenvalue weighted by molar-refractivity contribution is 0.102. The number of nitrogens with two attached hydrogens (primary N) is 3. The van der Waals surface area contributed by atoms with Gasteiger partial charge in [-0.1, -0.05) is 6.07 Å². The molecule has 1 amide bonds. The zero-order chi connectivity index (χ0) is 24.8. The number of carbonyl (C=O) groups is 1. The first-order valence-corrected chi connectivity index (χ1v) is 11.0. The van der Waals surface area contributed by atoms with E-state index in [2.05, 4.69) is 20.4 Å². The Morgan fingerprint density at radius 2 is 2.03 bits per heavy atom. The smallest absolute Gasteiger partial charge is 0.260 e. The van der Waals surface area contributed by atoms with Gasteiger partial charge in [-0.3, -0.25) is 14.8 Å². The van der Waals surface area contributed by atoms with Gasteiger partial charge in [-0.05, 0) is 69.0 Å². The number of hydrogen-bond acceptors (Lipinski definition) is 8. The summed E-state index contributed by atoms with van der Waals surface area (Å²) < 4.78 is 5.47. The van der Waals surface area contributed by atoms with Gasteiger partial charge >= 0.3 is 0 Å². The topological polar surface area (TPSA) is 157 Å². The van der Waals surface area contributed by atoms with Crippen molar-refractivity contribution >= 4 is 29.3 Å². The molecule has 0 aliphatic heterocycles. The van der Waals surface area contributed by atoms with Crippen LogP contribution in [-0.4, -0.2) is 47.1 Å². The SMILES string of the molecule is COc1cc(C)c(/C(C=NC2CC2)=C/N)cc1C(=O)Nc1cccc(/C(=N/N)N(N)C(C)C)n1. The van der Waals surface area contributed by atoms with Crippen LogP contribution in [0.5, 0.6) is 5.75 Å². The molecule has 1 aliphatic carbocycles. The number of carbonyl (C=O) groups excluding carboxylic acids is 1. The molecule has 1 aromatic carbocycles. The van der Waals surface area contributed by atoms with Gasteiger partial charge in [0, 0.05) is 24.0 Å². The summed E-state index contributed by atoms with van der Waals surface area (Å²) in [6.07, 6.45) is 5.44. The fourth-order valence-corrected chi connectivity index (χ4v) is 3.27. The van der Waals surface area contributed by atoms with E-state index in [1.807, 2.05) is 20.8 Å². The molecule has 1 aromatic heterocycles. The number of amidine groups is 1. The largest absolute Gasteiger partial charge is 0.496 e. The van der Waals surface area contributed by atoms with Crippen LogP contribution >= 0.6 is 0 Å². The first-order chi connectivity index (χ1) is 16.3. The van der Waals surface area contributed by atoms with Crippen molar-refractivity contribution < 1.29 is 9.53 Å². The highest BCUT2D eigenvalue weighted by Gasteiger charge is 2.21. The van der Waals surface area contributed by atoms with E-state index in [0.717, 1.165) is 29.5 Å². The molecule has 0 saturated heterocycles. The van der Waals surface area contributed by atoms with Crippen LogP contribution in [0, 0.1) is 6.92 Å². The molecule has 0 unspecified atom stereocenters. The van der Waals surface area contributed by atoms with Crippen LogP contribution in [0.15, 0.2) is 46.6 Å². The third kappa shape index (κ3) is 5.70. The van der Waals surface area contributed by atoms with Crippen LogP contribution in [0.2, 0.25) is 0 Å². The summed E-state index contributed by atoms with van der Waals surface area (Å²) in [5, 5.41) is 7.99. The average molecular weight is 465 g/mol. The summed E-state index contributed by atoms with van der Waals surface area (Å²) in [6.45, 7) is 5.73. The lowest BCUT2D eigenvalue weighted by Gasteiger charge is -2.23. The molecule has 34 heavy (non-hydrogen) atoms. The Labute approximate surface area is 199 Å². The fourth-order valence-electron chi connectivity index (χ4n) is 3.27. The maximum Gasteiger partial charge on any atom is 0.260 e. The van der Waals surface area contributed by atoms with Gasteiger partial charge in [-0.15, -0.1) is 0 Å². The molecule has 1 fully saturated rings. The summed E-state index contributed by atoms with van der Waals surface area (Å²) in [7, 11) is 1.52. The van der Waals surface area contributed by atoms with Crippen molar-refractivity contribution in [1.82, 2.24) is 9.99 Å². The van der Waals surface area contributed by atoms with Gasteiger partial charge in [-0.25, -0.2) is 10.8 Å². The van der Waals surface area contributed by atoms with Crippen molar-refractivity contribution in [3.8, 4) is 5.75 Å². The number of nitrogens with zero attached hydrogens (tertiary/aromatic N) is 4. The van der Waals surface area contributed by atoms with E-state index in [-0.39, 0.29) is 6.04 Å². The molecule has 0 spiro atoms. The summed E-state index contributed by atoms with van der Waals surface area (Å²) in [4.78, 5) is 22.2. The molecule has 0 bridgehead atoms. The highest BCUT2D eigenvalue weighted by atomic mass is 16.5. The second-order valence-electron chi connectivity index (χ2n) is 8.31. The molecular formula is C24H32N8O2. The summed E-state index contributed by atoms with van der Waals surface area (Å²) in [5.74, 6) is 12.3. The van der Waals surface area contributed by atoms with Crippen molar-refractivity contribution in [2.24, 2.45) is 27.5 Å². The van der Waals surface area contributed by atoms with E-state index in [9.17, 15) is 4.79 Å². The second-order valence-corrected chi connectivity index (χ2v) is 8.31. The minimum atomic E-state index is -0.391. The Bertz CT molecular complexity index is 1140. The summed E-state index contributed by atoms with van der Waals surface area (Å²) in [6, 6.07) is 8.97. The number of aromatic nitrogens is 1. The molecule has 1 saturated carbocycles. The fraction of sp³-hybridized carbons (Fsp3) is 0.333. The third-order valence-electron chi connectivity index (χ3n) is 5.40. The van der Waals surface area contributed by atoms with Crippen LogP contribution in [-0.2, 0) is 0 Å². The Morgan fingerprint density at radius 1 is 1.29 bits per heavy atom. The van der Waals surface area contributed by atoms with Crippen molar-refractivity contribution in [3.05, 3.63) is 58.9 Å². The molecule has 7 N–H and O–H groups in total. The molecule has 2 aromatic rings. The number of hydrazone groups is 1. The maximum atomic E-state index is 13.2. The van der Waals surface area contributed by atoms with Gasteiger partial charge in [0.05, 0.1) is 18.7 Å². The number of hydrazine groups is 1. The van der Waals surface area contributed by atoms with Crippen molar-refractivity contribution in [2.45, 2.75) is 45.7 Å². The van der Waals surface area contributed by atoms with E-state index in [1.54, 1.807) is 36.5 Å². The lowest BCUT2D eigenvalue weighted by atomic mass is 9.97. The molecule has 10 heteroatoms. The number of pyridine rings is 1. The van der Waals surface area contributed by atoms with Gasteiger partial charge in [-0.2, -0.15) is 5.10 Å². The van der Waals surface area contributed by atoms with Crippen LogP contribution in [0.1, 0.15) is 53.9 Å². The van der Waals surface area contributed by atoms with E-state index in [0.29, 0.717) is 34.7 Å². The number of hydrogen-bond donors (Lipinski definition) is 4. The standard InChI is InChI=1S/C24H32N8O2/c1-14(2)32(27)23(31-26)20-6-5-7-22(29-20)30-24(33)19-11-18(15(3)10-21(19)34-4)16(12-25)13-28-17-8-9-17/h5-7,10-14,17H,8-9,25-27H2,1-4H3,(H,29,30,33)/b16-12+,28-13?,31-23-. The molecule has 3 rings (SSSR count). The summed E-state index contributed by atoms with van der Waals surface area (Å²) in [5.41, 5.74) is 9.09. The molecule has 1 heterocycles. The van der Waals surface area contributed by atoms with E-state index in [4.69, 9.17) is 22.2 Å². The number of methoxy groups -OCH3 is 1. The number of nitrogens with one attached hydrogen (secondary N) is 1. The molecular weight excluding hydrogens is 432 g/mol. The molecule has 1 aliphatic rings. The second kappa shape index (κ2) is 10.8. The van der Waals surface area contributed by atoms with Crippen LogP contribution < -0.4 is 27.5 Å². The zero-order valence-electron chi connectivity index (χ0n) is 19.9. The van der Waals surface area contributed by atoms with Crippen LogP contribution in [0.4, 0.5) is 5.82 Å². The first kappa shape index (κ1) is 24.7. The Kier molecular flexibility index (Phi) is 7.85. The number of amides is 1. The average Bonchev–Trinajstić information content (AvgIpc) is 3.65. The first-order valence-electron chi connectivity index (χ1n) is 11.0. The summed E-state index contributed by atoms with van der Waals surface area (Å²) >= 11 is 0. The zero-order valence-corrected chi connectivity index (χ0v) is 19.9. The Hall–Kier alpha value is -3.92. The number of anilines is 1. The highest BCUT2D eigenvalue weighted by molar-refractivity contribution is 6.12. The molecule has 180 valence electrons. The van der Waals surface area contributed by atoms with Crippen molar-refractivity contribution in [1.29, 1.82) is 0 Å². The number of aryl methyl sites for hydroxylation is 1. The minimum Gasteiger partial charge on any atom is -0.496 e. The predicted octanol–water partition coefficient (Wildman–Crippen LogP) is 2.39. The Morgan fingerprint density at radius 3 is 2.62 bits per heavy atom. The van der Waals surface area contributed by atoms with Crippen LogP contribution in [0.25, 0.3) is 5.57 Å². The van der Waals surface area contributed by atoms with Gasteiger partial charge in [0.1, 0.15) is 17.3 Å². The van der Waals surface area contributed by atoms with E-state index >= 15 is 0 Å². The van der Waals surface area contributed by atoms with Crippen molar-refractivity contribution in [3.63, 3.8) is 0 Å². The number of rotatable bonds is 8. The molecule has 0 radical (unpaired) electrons. The maximum absolute atomic E-state index is 13.2. The minimum absolute atomic E-state index is 0.0502.